The van der Waals surface area contributed by atoms with E-state index in [2.05, 4.69) is 12.1 Å². The zero-order valence-electron chi connectivity index (χ0n) is 5.37. The Morgan fingerprint density at radius 1 is 1.20 bits per heavy atom. The maximum atomic E-state index is 5.49. The lowest BCUT2D eigenvalue weighted by Gasteiger charge is -1.97. The Kier molecular flexibility index (Phi) is 0.575. The van der Waals surface area contributed by atoms with E-state index in [0.29, 0.717) is 6.10 Å². The molecule has 1 aliphatic heterocycles. The average molecular weight is 130 g/mol. The zero-order valence-corrected chi connectivity index (χ0v) is 5.37. The second-order valence-electron chi connectivity index (χ2n) is 2.66. The summed E-state index contributed by atoms with van der Waals surface area (Å²) in [6, 6.07) is 8.17. The monoisotopic (exact) mass is 130 g/mol. The predicted molar refractivity (Wildman–Crippen MR) is 38.8 cm³/mol. The standard InChI is InChI=1S/C9H6O/c1-2-4-8-6(3-1)7-5-9(7)10-8/h1-5,9H. The molecule has 1 heterocycles. The smallest absolute Gasteiger partial charge is 0.143 e. The molecule has 1 aromatic rings. The number of hydrogen-bond acceptors (Lipinski definition) is 1. The molecule has 0 fully saturated rings. The van der Waals surface area contributed by atoms with Gasteiger partial charge in [-0.3, -0.25) is 0 Å². The Morgan fingerprint density at radius 3 is 3.00 bits per heavy atom. The SMILES string of the molecule is C1=C2c3ccccc3OC12. The van der Waals surface area contributed by atoms with Crippen LogP contribution in [-0.4, -0.2) is 6.10 Å². The van der Waals surface area contributed by atoms with E-state index in [4.69, 9.17) is 4.74 Å². The number of hydrogen-bond donors (Lipinski definition) is 0. The summed E-state index contributed by atoms with van der Waals surface area (Å²) in [5, 5.41) is 0. The molecule has 3 rings (SSSR count). The fourth-order valence-electron chi connectivity index (χ4n) is 1.40. The van der Waals surface area contributed by atoms with Crippen molar-refractivity contribution in [1.82, 2.24) is 0 Å². The maximum Gasteiger partial charge on any atom is 0.143 e. The van der Waals surface area contributed by atoms with Crippen LogP contribution in [0.4, 0.5) is 0 Å². The lowest BCUT2D eigenvalue weighted by molar-refractivity contribution is 0.345. The molecular formula is C9H6O. The lowest BCUT2D eigenvalue weighted by atomic mass is 10.2. The normalized spacial score (nSPS) is 24.4. The van der Waals surface area contributed by atoms with Crippen LogP contribution < -0.4 is 4.74 Å². The van der Waals surface area contributed by atoms with Gasteiger partial charge in [-0.05, 0) is 12.1 Å². The number of ether oxygens (including phenoxy) is 1. The minimum atomic E-state index is 0.331. The summed E-state index contributed by atoms with van der Waals surface area (Å²) in [6.45, 7) is 0. The number of rotatable bonds is 0. The molecule has 1 heteroatoms. The van der Waals surface area contributed by atoms with Crippen molar-refractivity contribution in [3.63, 3.8) is 0 Å². The molecule has 0 saturated heterocycles. The summed E-state index contributed by atoms with van der Waals surface area (Å²) in [5.74, 6) is 1.05. The van der Waals surface area contributed by atoms with Crippen molar-refractivity contribution in [2.45, 2.75) is 6.10 Å². The fraction of sp³-hybridized carbons (Fsp3) is 0.111. The molecule has 1 atom stereocenters. The first-order chi connectivity index (χ1) is 4.95. The van der Waals surface area contributed by atoms with Crippen LogP contribution >= 0.6 is 0 Å². The van der Waals surface area contributed by atoms with E-state index in [1.54, 1.807) is 0 Å². The maximum absolute atomic E-state index is 5.49. The molecule has 0 saturated carbocycles. The number of para-hydroxylation sites is 1. The van der Waals surface area contributed by atoms with E-state index >= 15 is 0 Å². The molecule has 1 unspecified atom stereocenters. The first-order valence-electron chi connectivity index (χ1n) is 3.43. The molecular weight excluding hydrogens is 124 g/mol. The highest BCUT2D eigenvalue weighted by Gasteiger charge is 2.36. The largest absolute Gasteiger partial charge is 0.481 e. The topological polar surface area (TPSA) is 9.23 Å². The van der Waals surface area contributed by atoms with Crippen molar-refractivity contribution in [3.8, 4) is 5.75 Å². The van der Waals surface area contributed by atoms with Gasteiger partial charge in [0.05, 0.1) is 0 Å². The van der Waals surface area contributed by atoms with Crippen LogP contribution in [0.5, 0.6) is 5.75 Å². The van der Waals surface area contributed by atoms with Gasteiger partial charge in [-0.25, -0.2) is 0 Å². The minimum Gasteiger partial charge on any atom is -0.481 e. The van der Waals surface area contributed by atoms with E-state index < -0.39 is 0 Å². The van der Waals surface area contributed by atoms with Crippen LogP contribution in [0.25, 0.3) is 5.57 Å². The molecule has 0 aromatic heterocycles. The molecule has 2 aliphatic rings. The minimum absolute atomic E-state index is 0.331. The first kappa shape index (κ1) is 4.56. The van der Waals surface area contributed by atoms with Crippen LogP contribution in [0.15, 0.2) is 30.3 Å². The third-order valence-corrected chi connectivity index (χ3v) is 1.98. The Hall–Kier alpha value is -1.24. The van der Waals surface area contributed by atoms with Gasteiger partial charge in [0, 0.05) is 11.1 Å². The second kappa shape index (κ2) is 1.26. The quantitative estimate of drug-likeness (QED) is 0.520. The lowest BCUT2D eigenvalue weighted by Crippen LogP contribution is -1.91. The number of benzene rings is 1. The van der Waals surface area contributed by atoms with Crippen molar-refractivity contribution >= 4 is 5.57 Å². The van der Waals surface area contributed by atoms with E-state index in [9.17, 15) is 0 Å². The van der Waals surface area contributed by atoms with Crippen LogP contribution in [0.1, 0.15) is 5.56 Å². The average Bonchev–Trinajstić information content (AvgIpc) is 2.64. The van der Waals surface area contributed by atoms with Gasteiger partial charge in [0.1, 0.15) is 11.9 Å². The molecule has 1 aromatic carbocycles. The Morgan fingerprint density at radius 2 is 2.10 bits per heavy atom. The summed E-state index contributed by atoms with van der Waals surface area (Å²) in [4.78, 5) is 0. The van der Waals surface area contributed by atoms with Gasteiger partial charge in [-0.2, -0.15) is 0 Å². The van der Waals surface area contributed by atoms with Gasteiger partial charge < -0.3 is 4.74 Å². The van der Waals surface area contributed by atoms with E-state index in [0.717, 1.165) is 5.75 Å². The third kappa shape index (κ3) is 0.397. The molecule has 1 aliphatic carbocycles. The molecule has 10 heavy (non-hydrogen) atoms. The Bertz CT molecular complexity index is 325. The van der Waals surface area contributed by atoms with Crippen molar-refractivity contribution in [1.29, 1.82) is 0 Å². The van der Waals surface area contributed by atoms with Crippen LogP contribution in [-0.2, 0) is 0 Å². The Balaban J connectivity index is 2.31. The molecule has 0 spiro atoms. The molecule has 0 amide bonds. The number of fused-ring (bicyclic) bond motifs is 3. The molecule has 0 N–H and O–H groups in total. The fourth-order valence-corrected chi connectivity index (χ4v) is 1.40. The summed E-state index contributed by atoms with van der Waals surface area (Å²) in [7, 11) is 0. The van der Waals surface area contributed by atoms with E-state index in [1.807, 2.05) is 18.2 Å². The first-order valence-corrected chi connectivity index (χ1v) is 3.43. The van der Waals surface area contributed by atoms with Gasteiger partial charge in [0.15, 0.2) is 0 Å². The second-order valence-corrected chi connectivity index (χ2v) is 2.66. The van der Waals surface area contributed by atoms with Crippen LogP contribution in [0.2, 0.25) is 0 Å². The summed E-state index contributed by atoms with van der Waals surface area (Å²) in [5.41, 5.74) is 2.66. The third-order valence-electron chi connectivity index (χ3n) is 1.98. The Labute approximate surface area is 58.9 Å². The highest BCUT2D eigenvalue weighted by molar-refractivity contribution is 5.89. The summed E-state index contributed by atoms with van der Waals surface area (Å²) < 4.78 is 5.49. The van der Waals surface area contributed by atoms with Crippen molar-refractivity contribution in [3.05, 3.63) is 35.9 Å². The summed E-state index contributed by atoms with van der Waals surface area (Å²) in [6.07, 6.45) is 2.47. The zero-order chi connectivity index (χ0) is 6.55. The van der Waals surface area contributed by atoms with Crippen molar-refractivity contribution in [2.75, 3.05) is 0 Å². The molecule has 1 nitrogen and oxygen atoms in total. The van der Waals surface area contributed by atoms with Crippen LogP contribution in [0, 0.1) is 0 Å². The van der Waals surface area contributed by atoms with E-state index in [1.165, 1.54) is 11.1 Å². The summed E-state index contributed by atoms with van der Waals surface area (Å²) >= 11 is 0. The van der Waals surface area contributed by atoms with Gasteiger partial charge in [0.2, 0.25) is 0 Å². The van der Waals surface area contributed by atoms with Crippen molar-refractivity contribution < 1.29 is 4.74 Å². The highest BCUT2D eigenvalue weighted by atomic mass is 16.5. The van der Waals surface area contributed by atoms with Gasteiger partial charge in [-0.15, -0.1) is 0 Å². The molecule has 0 radical (unpaired) electrons. The van der Waals surface area contributed by atoms with Crippen molar-refractivity contribution in [2.24, 2.45) is 0 Å². The highest BCUT2D eigenvalue weighted by Crippen LogP contribution is 2.46. The molecule has 0 bridgehead atoms. The van der Waals surface area contributed by atoms with E-state index in [-0.39, 0.29) is 0 Å². The van der Waals surface area contributed by atoms with Gasteiger partial charge in [0.25, 0.3) is 0 Å². The van der Waals surface area contributed by atoms with Gasteiger partial charge in [-0.1, -0.05) is 18.2 Å². The van der Waals surface area contributed by atoms with Crippen LogP contribution in [0.3, 0.4) is 0 Å². The molecule has 48 valence electrons. The van der Waals surface area contributed by atoms with Gasteiger partial charge >= 0.3 is 0 Å². The predicted octanol–water partition coefficient (Wildman–Crippen LogP) is 1.84.